The van der Waals surface area contributed by atoms with Crippen LogP contribution in [0.5, 0.6) is 0 Å². The largest absolute Gasteiger partial charge is 0.480 e. The number of nitrogens with zero attached hydrogens (tertiary/aromatic N) is 3. The molecule has 94 valence electrons. The molecule has 1 aromatic rings. The van der Waals surface area contributed by atoms with Gasteiger partial charge in [-0.25, -0.2) is 9.59 Å². The monoisotopic (exact) mass is 242 g/mol. The molecule has 0 fully saturated rings. The van der Waals surface area contributed by atoms with Gasteiger partial charge in [0.15, 0.2) is 5.82 Å². The van der Waals surface area contributed by atoms with Crippen LogP contribution < -0.4 is 10.6 Å². The Hall–Kier alpha value is -2.19. The molecule has 0 aliphatic rings. The maximum Gasteiger partial charge on any atom is 0.329 e. The van der Waals surface area contributed by atoms with Crippen molar-refractivity contribution in [3.63, 3.8) is 0 Å². The normalized spacial score (nSPS) is 13.8. The number of aromatic nitrogens is 4. The Morgan fingerprint density at radius 1 is 1.53 bits per heavy atom. The number of aromatic amines is 1. The van der Waals surface area contributed by atoms with Gasteiger partial charge < -0.3 is 15.7 Å². The first-order valence-electron chi connectivity index (χ1n) is 4.99. The van der Waals surface area contributed by atoms with Gasteiger partial charge in [0.1, 0.15) is 5.54 Å². The van der Waals surface area contributed by atoms with Gasteiger partial charge in [0.05, 0.1) is 6.54 Å². The second-order valence-electron chi connectivity index (χ2n) is 3.63. The lowest BCUT2D eigenvalue weighted by molar-refractivity contribution is -0.143. The Morgan fingerprint density at radius 2 is 2.24 bits per heavy atom. The van der Waals surface area contributed by atoms with Gasteiger partial charge in [-0.3, -0.25) is 0 Å². The molecule has 4 N–H and O–H groups in total. The molecule has 9 heteroatoms. The topological polar surface area (TPSA) is 133 Å². The van der Waals surface area contributed by atoms with Crippen molar-refractivity contribution < 1.29 is 14.7 Å². The van der Waals surface area contributed by atoms with E-state index in [0.717, 1.165) is 0 Å². The molecule has 0 aromatic carbocycles. The number of nitrogens with one attached hydrogen (secondary N) is 3. The average molecular weight is 242 g/mol. The molecule has 1 unspecified atom stereocenters. The fourth-order valence-electron chi connectivity index (χ4n) is 1.00. The van der Waals surface area contributed by atoms with Crippen molar-refractivity contribution in [2.24, 2.45) is 0 Å². The minimum atomic E-state index is -1.29. The zero-order valence-corrected chi connectivity index (χ0v) is 9.52. The molecule has 0 saturated carbocycles. The van der Waals surface area contributed by atoms with Crippen LogP contribution in [0.3, 0.4) is 0 Å². The first-order valence-corrected chi connectivity index (χ1v) is 4.99. The lowest BCUT2D eigenvalue weighted by Gasteiger charge is -2.24. The Balaban J connectivity index is 2.46. The van der Waals surface area contributed by atoms with Gasteiger partial charge in [-0.2, -0.15) is 5.21 Å². The SMILES string of the molecule is CCC(C)(NC(=O)NCc1nn[nH]n1)C(=O)O. The van der Waals surface area contributed by atoms with Gasteiger partial charge in [-0.1, -0.05) is 12.1 Å². The highest BCUT2D eigenvalue weighted by molar-refractivity contribution is 5.85. The van der Waals surface area contributed by atoms with Gasteiger partial charge in [-0.05, 0) is 13.3 Å². The second kappa shape index (κ2) is 5.23. The van der Waals surface area contributed by atoms with E-state index in [-0.39, 0.29) is 13.0 Å². The Labute approximate surface area is 97.0 Å². The minimum absolute atomic E-state index is 0.0712. The summed E-state index contributed by atoms with van der Waals surface area (Å²) < 4.78 is 0. The molecule has 1 heterocycles. The quantitative estimate of drug-likeness (QED) is 0.537. The van der Waals surface area contributed by atoms with Crippen LogP contribution >= 0.6 is 0 Å². The first kappa shape index (κ1) is 12.9. The lowest BCUT2D eigenvalue weighted by atomic mass is 10.00. The smallest absolute Gasteiger partial charge is 0.329 e. The van der Waals surface area contributed by atoms with Crippen LogP contribution in [0.25, 0.3) is 0 Å². The molecule has 0 radical (unpaired) electrons. The van der Waals surface area contributed by atoms with Gasteiger partial charge >= 0.3 is 12.0 Å². The summed E-state index contributed by atoms with van der Waals surface area (Å²) in [6.45, 7) is 3.18. The lowest BCUT2D eigenvalue weighted by Crippen LogP contribution is -2.54. The molecule has 1 atom stereocenters. The maximum absolute atomic E-state index is 11.4. The highest BCUT2D eigenvalue weighted by atomic mass is 16.4. The van der Waals surface area contributed by atoms with E-state index in [1.54, 1.807) is 6.92 Å². The van der Waals surface area contributed by atoms with Crippen LogP contribution in [0.1, 0.15) is 26.1 Å². The minimum Gasteiger partial charge on any atom is -0.480 e. The molecule has 17 heavy (non-hydrogen) atoms. The third-order valence-corrected chi connectivity index (χ3v) is 2.36. The summed E-state index contributed by atoms with van der Waals surface area (Å²) in [5, 5.41) is 26.6. The number of aliphatic carboxylic acids is 1. The highest BCUT2D eigenvalue weighted by Gasteiger charge is 2.32. The van der Waals surface area contributed by atoms with E-state index in [1.807, 2.05) is 0 Å². The molecular weight excluding hydrogens is 228 g/mol. The fraction of sp³-hybridized carbons (Fsp3) is 0.625. The van der Waals surface area contributed by atoms with E-state index in [2.05, 4.69) is 31.3 Å². The maximum atomic E-state index is 11.4. The van der Waals surface area contributed by atoms with E-state index in [4.69, 9.17) is 5.11 Å². The summed E-state index contributed by atoms with van der Waals surface area (Å²) in [5.41, 5.74) is -1.29. The highest BCUT2D eigenvalue weighted by Crippen LogP contribution is 2.08. The summed E-state index contributed by atoms with van der Waals surface area (Å²) in [7, 11) is 0. The number of tetrazole rings is 1. The van der Waals surface area contributed by atoms with Crippen molar-refractivity contribution in [2.75, 3.05) is 0 Å². The van der Waals surface area contributed by atoms with Crippen molar-refractivity contribution in [3.05, 3.63) is 5.82 Å². The number of rotatable bonds is 5. The van der Waals surface area contributed by atoms with E-state index in [9.17, 15) is 9.59 Å². The third kappa shape index (κ3) is 3.40. The predicted molar refractivity (Wildman–Crippen MR) is 55.9 cm³/mol. The number of hydrogen-bond donors (Lipinski definition) is 4. The zero-order valence-electron chi connectivity index (χ0n) is 9.52. The molecule has 0 aliphatic carbocycles. The van der Waals surface area contributed by atoms with Gasteiger partial charge in [0.25, 0.3) is 0 Å². The summed E-state index contributed by atoms with van der Waals surface area (Å²) in [5.74, 6) is -0.775. The Bertz CT molecular complexity index is 392. The third-order valence-electron chi connectivity index (χ3n) is 2.36. The van der Waals surface area contributed by atoms with Crippen molar-refractivity contribution in [3.8, 4) is 0 Å². The average Bonchev–Trinajstić information content (AvgIpc) is 2.78. The van der Waals surface area contributed by atoms with E-state index in [1.165, 1.54) is 6.92 Å². The summed E-state index contributed by atoms with van der Waals surface area (Å²) in [4.78, 5) is 22.4. The van der Waals surface area contributed by atoms with Crippen LogP contribution in [-0.4, -0.2) is 43.3 Å². The van der Waals surface area contributed by atoms with E-state index >= 15 is 0 Å². The number of carboxylic acids is 1. The van der Waals surface area contributed by atoms with E-state index < -0.39 is 17.5 Å². The van der Waals surface area contributed by atoms with E-state index in [0.29, 0.717) is 5.82 Å². The standard InChI is InChI=1S/C8H14N6O3/c1-3-8(2,6(15)16)10-7(17)9-4-5-11-13-14-12-5/h3-4H2,1-2H3,(H,15,16)(H2,9,10,17)(H,11,12,13,14). The van der Waals surface area contributed by atoms with Crippen LogP contribution in [0.4, 0.5) is 4.79 Å². The molecule has 0 aliphatic heterocycles. The van der Waals surface area contributed by atoms with Crippen LogP contribution in [0.15, 0.2) is 0 Å². The van der Waals surface area contributed by atoms with Gasteiger partial charge in [0, 0.05) is 0 Å². The Kier molecular flexibility index (Phi) is 3.96. The molecular formula is C8H14N6O3. The van der Waals surface area contributed by atoms with Crippen molar-refractivity contribution in [1.29, 1.82) is 0 Å². The van der Waals surface area contributed by atoms with Crippen LogP contribution in [0, 0.1) is 0 Å². The van der Waals surface area contributed by atoms with Crippen molar-refractivity contribution in [2.45, 2.75) is 32.4 Å². The number of carbonyl (C=O) groups is 2. The molecule has 0 bridgehead atoms. The van der Waals surface area contributed by atoms with Crippen LogP contribution in [-0.2, 0) is 11.3 Å². The number of urea groups is 1. The summed E-state index contributed by atoms with van der Waals surface area (Å²) in [6.07, 6.45) is 0.276. The molecule has 0 spiro atoms. The summed E-state index contributed by atoms with van der Waals surface area (Å²) in [6, 6.07) is -0.596. The number of hydrogen-bond acceptors (Lipinski definition) is 5. The summed E-state index contributed by atoms with van der Waals surface area (Å²) >= 11 is 0. The zero-order chi connectivity index (χ0) is 12.9. The molecule has 9 nitrogen and oxygen atoms in total. The van der Waals surface area contributed by atoms with Gasteiger partial charge in [0.2, 0.25) is 0 Å². The Morgan fingerprint density at radius 3 is 2.71 bits per heavy atom. The first-order chi connectivity index (χ1) is 7.98. The van der Waals surface area contributed by atoms with Crippen molar-refractivity contribution in [1.82, 2.24) is 31.3 Å². The molecule has 0 saturated heterocycles. The predicted octanol–water partition coefficient (Wildman–Crippen LogP) is -0.748. The van der Waals surface area contributed by atoms with Crippen LogP contribution in [0.2, 0.25) is 0 Å². The molecule has 1 aromatic heterocycles. The molecule has 2 amide bonds. The second-order valence-corrected chi connectivity index (χ2v) is 3.63. The number of amides is 2. The number of carbonyl (C=O) groups excluding carboxylic acids is 1. The number of H-pyrrole nitrogens is 1. The fourth-order valence-corrected chi connectivity index (χ4v) is 1.00. The number of carboxylic acid groups (broad SMARTS) is 1. The van der Waals surface area contributed by atoms with Crippen molar-refractivity contribution >= 4 is 12.0 Å². The van der Waals surface area contributed by atoms with Gasteiger partial charge in [-0.15, -0.1) is 10.2 Å². The molecule has 1 rings (SSSR count).